The number of piperazine rings is 1. The maximum Gasteiger partial charge on any atom is 0.264 e. The molecule has 2 aromatic rings. The average Bonchev–Trinajstić information content (AvgIpc) is 3.17. The fourth-order valence-electron chi connectivity index (χ4n) is 3.50. The van der Waals surface area contributed by atoms with Crippen LogP contribution in [-0.2, 0) is 21.2 Å². The second-order valence-corrected chi connectivity index (χ2v) is 8.72. The Labute approximate surface area is 165 Å². The predicted octanol–water partition coefficient (Wildman–Crippen LogP) is 2.14. The van der Waals surface area contributed by atoms with Crippen molar-refractivity contribution in [1.29, 1.82) is 0 Å². The molecule has 0 aromatic heterocycles. The van der Waals surface area contributed by atoms with Crippen LogP contribution in [0.3, 0.4) is 0 Å². The van der Waals surface area contributed by atoms with E-state index >= 15 is 0 Å². The van der Waals surface area contributed by atoms with Crippen LogP contribution in [0.5, 0.6) is 5.75 Å². The minimum atomic E-state index is -3.51. The number of hydrogen-bond acceptors (Lipinski definition) is 4. The molecule has 1 saturated heterocycles. The van der Waals surface area contributed by atoms with Gasteiger partial charge in [0.2, 0.25) is 10.0 Å². The fourth-order valence-corrected chi connectivity index (χ4v) is 4.67. The molecule has 1 atom stereocenters. The third-order valence-corrected chi connectivity index (χ3v) is 6.63. The van der Waals surface area contributed by atoms with Crippen molar-refractivity contribution in [2.24, 2.45) is 0 Å². The second kappa shape index (κ2) is 7.77. The Kier molecular flexibility index (Phi) is 5.19. The molecule has 2 heterocycles. The van der Waals surface area contributed by atoms with Gasteiger partial charge in [0.1, 0.15) is 5.75 Å². The third-order valence-electron chi connectivity index (χ3n) is 5.06. The molecule has 6 nitrogen and oxygen atoms in total. The lowest BCUT2D eigenvalue weighted by Crippen LogP contribution is -2.53. The number of rotatable bonds is 4. The molecule has 4 rings (SSSR count). The fraction of sp³-hybridized carbons (Fsp3) is 0.286. The van der Waals surface area contributed by atoms with Gasteiger partial charge in [0.25, 0.3) is 5.91 Å². The number of carbonyl (C=O) groups is 1. The van der Waals surface area contributed by atoms with Crippen molar-refractivity contribution in [2.75, 3.05) is 26.2 Å². The quantitative estimate of drug-likeness (QED) is 0.791. The van der Waals surface area contributed by atoms with Crippen LogP contribution in [-0.4, -0.2) is 55.8 Å². The van der Waals surface area contributed by atoms with Gasteiger partial charge in [0.05, 0.1) is 0 Å². The molecule has 0 N–H and O–H groups in total. The van der Waals surface area contributed by atoms with E-state index in [1.54, 1.807) is 11.0 Å². The minimum Gasteiger partial charge on any atom is -0.480 e. The Hall–Kier alpha value is -2.64. The molecule has 1 fully saturated rings. The van der Waals surface area contributed by atoms with Crippen LogP contribution in [0.4, 0.5) is 0 Å². The molecule has 146 valence electrons. The summed E-state index contributed by atoms with van der Waals surface area (Å²) >= 11 is 0. The molecule has 0 bridgehead atoms. The zero-order valence-electron chi connectivity index (χ0n) is 15.4. The molecule has 28 heavy (non-hydrogen) atoms. The molecular formula is C21H22N2O4S. The molecule has 2 aliphatic rings. The monoisotopic (exact) mass is 398 g/mol. The van der Waals surface area contributed by atoms with Crippen LogP contribution in [0.15, 0.2) is 60.0 Å². The highest BCUT2D eigenvalue weighted by Crippen LogP contribution is 2.29. The Morgan fingerprint density at radius 3 is 2.36 bits per heavy atom. The van der Waals surface area contributed by atoms with Crippen LogP contribution in [0.25, 0.3) is 6.08 Å². The average molecular weight is 398 g/mol. The van der Waals surface area contributed by atoms with Crippen LogP contribution < -0.4 is 4.74 Å². The smallest absolute Gasteiger partial charge is 0.264 e. The Balaban J connectivity index is 1.34. The van der Waals surface area contributed by atoms with Gasteiger partial charge in [-0.2, -0.15) is 4.31 Å². The summed E-state index contributed by atoms with van der Waals surface area (Å²) in [6.45, 7) is 1.31. The standard InChI is InChI=1S/C21H22N2O4S/c24-21(20-16-18-8-4-5-9-19(18)27-20)22-11-13-23(14-12-22)28(25,26)15-10-17-6-2-1-3-7-17/h1-10,15,20H,11-14,16H2/b15-10+. The third kappa shape index (κ3) is 3.95. The van der Waals surface area contributed by atoms with E-state index in [0.29, 0.717) is 19.5 Å². The van der Waals surface area contributed by atoms with E-state index in [1.165, 1.54) is 9.71 Å². The first-order valence-corrected chi connectivity index (χ1v) is 10.8. The first-order chi connectivity index (χ1) is 13.5. The van der Waals surface area contributed by atoms with Gasteiger partial charge in [-0.15, -0.1) is 0 Å². The van der Waals surface area contributed by atoms with E-state index in [0.717, 1.165) is 16.9 Å². The van der Waals surface area contributed by atoms with Crippen molar-refractivity contribution in [3.05, 3.63) is 71.1 Å². The topological polar surface area (TPSA) is 66.9 Å². The largest absolute Gasteiger partial charge is 0.480 e. The van der Waals surface area contributed by atoms with Crippen molar-refractivity contribution in [1.82, 2.24) is 9.21 Å². The van der Waals surface area contributed by atoms with Crippen LogP contribution in [0, 0.1) is 0 Å². The first kappa shape index (κ1) is 18.7. The maximum absolute atomic E-state index is 12.8. The summed E-state index contributed by atoms with van der Waals surface area (Å²) in [6, 6.07) is 17.0. The Bertz CT molecular complexity index is 955. The van der Waals surface area contributed by atoms with Gasteiger partial charge >= 0.3 is 0 Å². The van der Waals surface area contributed by atoms with E-state index in [2.05, 4.69) is 0 Å². The van der Waals surface area contributed by atoms with Crippen LogP contribution >= 0.6 is 0 Å². The van der Waals surface area contributed by atoms with Gasteiger partial charge in [-0.05, 0) is 23.3 Å². The van der Waals surface area contributed by atoms with Crippen molar-refractivity contribution >= 4 is 22.0 Å². The summed E-state index contributed by atoms with van der Waals surface area (Å²) in [5.41, 5.74) is 1.87. The van der Waals surface area contributed by atoms with Crippen molar-refractivity contribution in [2.45, 2.75) is 12.5 Å². The van der Waals surface area contributed by atoms with Crippen LogP contribution in [0.2, 0.25) is 0 Å². The normalized spacial score (nSPS) is 20.1. The Morgan fingerprint density at radius 2 is 1.64 bits per heavy atom. The highest BCUT2D eigenvalue weighted by molar-refractivity contribution is 7.92. The summed E-state index contributed by atoms with van der Waals surface area (Å²) in [4.78, 5) is 14.5. The number of ether oxygens (including phenoxy) is 1. The SMILES string of the molecule is O=C(C1Cc2ccccc2O1)N1CCN(S(=O)(=O)/C=C/c2ccccc2)CC1. The van der Waals surface area contributed by atoms with Crippen molar-refractivity contribution < 1.29 is 17.9 Å². The highest BCUT2D eigenvalue weighted by atomic mass is 32.2. The maximum atomic E-state index is 12.8. The summed E-state index contributed by atoms with van der Waals surface area (Å²) in [6.07, 6.45) is 1.64. The molecule has 1 unspecified atom stereocenters. The highest BCUT2D eigenvalue weighted by Gasteiger charge is 2.35. The summed E-state index contributed by atoms with van der Waals surface area (Å²) in [5, 5.41) is 1.23. The molecule has 0 saturated carbocycles. The van der Waals surface area contributed by atoms with Gasteiger partial charge in [-0.1, -0.05) is 48.5 Å². The number of benzene rings is 2. The molecule has 1 amide bonds. The molecule has 2 aliphatic heterocycles. The minimum absolute atomic E-state index is 0.0759. The van der Waals surface area contributed by atoms with Gasteiger partial charge in [-0.3, -0.25) is 4.79 Å². The molecule has 0 spiro atoms. The van der Waals surface area contributed by atoms with E-state index in [4.69, 9.17) is 4.74 Å². The van der Waals surface area contributed by atoms with E-state index in [1.807, 2.05) is 54.6 Å². The van der Waals surface area contributed by atoms with Crippen molar-refractivity contribution in [3.63, 3.8) is 0 Å². The number of sulfonamides is 1. The van der Waals surface area contributed by atoms with Gasteiger partial charge in [0.15, 0.2) is 6.10 Å². The molecule has 7 heteroatoms. The lowest BCUT2D eigenvalue weighted by Gasteiger charge is -2.34. The predicted molar refractivity (Wildman–Crippen MR) is 107 cm³/mol. The zero-order chi connectivity index (χ0) is 19.6. The lowest BCUT2D eigenvalue weighted by molar-refractivity contribution is -0.139. The Morgan fingerprint density at radius 1 is 0.964 bits per heavy atom. The van der Waals surface area contributed by atoms with E-state index in [-0.39, 0.29) is 19.0 Å². The number of fused-ring (bicyclic) bond motifs is 1. The number of carbonyl (C=O) groups excluding carboxylic acids is 1. The number of para-hydroxylation sites is 1. The molecule has 0 radical (unpaired) electrons. The number of amides is 1. The molecule has 2 aromatic carbocycles. The first-order valence-electron chi connectivity index (χ1n) is 9.29. The van der Waals surface area contributed by atoms with Crippen LogP contribution in [0.1, 0.15) is 11.1 Å². The summed E-state index contributed by atoms with van der Waals surface area (Å²) < 4.78 is 32.3. The second-order valence-electron chi connectivity index (χ2n) is 6.90. The van der Waals surface area contributed by atoms with Gasteiger partial charge in [0, 0.05) is 38.0 Å². The summed E-state index contributed by atoms with van der Waals surface area (Å²) in [5.74, 6) is 0.682. The lowest BCUT2D eigenvalue weighted by atomic mass is 10.1. The van der Waals surface area contributed by atoms with E-state index < -0.39 is 16.1 Å². The zero-order valence-corrected chi connectivity index (χ0v) is 16.2. The number of nitrogens with zero attached hydrogens (tertiary/aromatic N) is 2. The van der Waals surface area contributed by atoms with E-state index in [9.17, 15) is 13.2 Å². The number of hydrogen-bond donors (Lipinski definition) is 0. The van der Waals surface area contributed by atoms with Gasteiger partial charge in [-0.25, -0.2) is 8.42 Å². The molecule has 0 aliphatic carbocycles. The van der Waals surface area contributed by atoms with Gasteiger partial charge < -0.3 is 9.64 Å². The molecular weight excluding hydrogens is 376 g/mol. The summed E-state index contributed by atoms with van der Waals surface area (Å²) in [7, 11) is -3.51. The van der Waals surface area contributed by atoms with Crippen molar-refractivity contribution in [3.8, 4) is 5.75 Å².